The van der Waals surface area contributed by atoms with Gasteiger partial charge in [-0.05, 0) is 22.8 Å². The number of nitrogens with zero attached hydrogens (tertiary/aromatic N) is 1. The molecule has 24 heavy (non-hydrogen) atoms. The minimum Gasteiger partial charge on any atom is -0.329 e. The van der Waals surface area contributed by atoms with Crippen LogP contribution in [0.5, 0.6) is 0 Å². The van der Waals surface area contributed by atoms with Crippen LogP contribution in [0.25, 0.3) is 11.1 Å². The van der Waals surface area contributed by atoms with Gasteiger partial charge in [-0.1, -0.05) is 42.5 Å². The lowest BCUT2D eigenvalue weighted by molar-refractivity contribution is -0.119. The number of rotatable bonds is 6. The monoisotopic (exact) mass is 323 g/mol. The third-order valence-electron chi connectivity index (χ3n) is 4.08. The van der Waals surface area contributed by atoms with Crippen molar-refractivity contribution in [3.8, 4) is 11.1 Å². The van der Waals surface area contributed by atoms with Gasteiger partial charge in [0.05, 0.1) is 12.1 Å². The number of halogens is 1. The molecule has 0 saturated carbocycles. The molecule has 5 heteroatoms. The van der Waals surface area contributed by atoms with Crippen LogP contribution in [-0.2, 0) is 11.2 Å². The second kappa shape index (κ2) is 7.19. The maximum atomic E-state index is 14.4. The number of ketones is 1. The molecule has 1 atom stereocenters. The van der Waals surface area contributed by atoms with E-state index < -0.39 is 11.7 Å². The van der Waals surface area contributed by atoms with E-state index in [0.29, 0.717) is 5.56 Å². The SMILES string of the molecule is NCC(C(=O)Cc1ccc(-c2cn[nH]c2)cc1F)c1ccccc1. The third kappa shape index (κ3) is 3.41. The third-order valence-corrected chi connectivity index (χ3v) is 4.08. The van der Waals surface area contributed by atoms with Crippen LogP contribution < -0.4 is 5.73 Å². The highest BCUT2D eigenvalue weighted by atomic mass is 19.1. The molecule has 0 fully saturated rings. The number of aromatic nitrogens is 2. The molecule has 1 unspecified atom stereocenters. The Morgan fingerprint density at radius 2 is 1.96 bits per heavy atom. The van der Waals surface area contributed by atoms with E-state index in [1.165, 1.54) is 6.07 Å². The molecule has 0 aliphatic carbocycles. The number of Topliss-reactive ketones (excluding diaryl/α,β-unsaturated/α-hetero) is 1. The Hall–Kier alpha value is -2.79. The zero-order valence-corrected chi connectivity index (χ0v) is 13.1. The van der Waals surface area contributed by atoms with Gasteiger partial charge in [0.15, 0.2) is 0 Å². The number of nitrogens with one attached hydrogen (secondary N) is 1. The molecule has 0 aliphatic rings. The molecule has 0 amide bonds. The topological polar surface area (TPSA) is 71.8 Å². The van der Waals surface area contributed by atoms with E-state index in [1.807, 2.05) is 30.3 Å². The summed E-state index contributed by atoms with van der Waals surface area (Å²) in [6.07, 6.45) is 3.34. The minimum atomic E-state index is -0.417. The highest BCUT2D eigenvalue weighted by molar-refractivity contribution is 5.88. The molecular formula is C19H18FN3O. The number of H-pyrrole nitrogens is 1. The summed E-state index contributed by atoms with van der Waals surface area (Å²) in [7, 11) is 0. The molecule has 1 aromatic heterocycles. The first kappa shape index (κ1) is 16.1. The Labute approximate surface area is 139 Å². The smallest absolute Gasteiger partial charge is 0.146 e. The largest absolute Gasteiger partial charge is 0.329 e. The lowest BCUT2D eigenvalue weighted by Gasteiger charge is -2.14. The molecule has 3 rings (SSSR count). The van der Waals surface area contributed by atoms with Gasteiger partial charge in [0, 0.05) is 24.7 Å². The van der Waals surface area contributed by atoms with E-state index in [4.69, 9.17) is 5.73 Å². The lowest BCUT2D eigenvalue weighted by atomic mass is 9.90. The number of carbonyl (C=O) groups excluding carboxylic acids is 1. The van der Waals surface area contributed by atoms with Crippen molar-refractivity contribution in [3.05, 3.63) is 77.9 Å². The van der Waals surface area contributed by atoms with Crippen LogP contribution in [0.15, 0.2) is 60.9 Å². The van der Waals surface area contributed by atoms with Gasteiger partial charge in [-0.25, -0.2) is 4.39 Å². The first-order valence-electron chi connectivity index (χ1n) is 7.74. The number of benzene rings is 2. The molecule has 0 saturated heterocycles. The Balaban J connectivity index is 1.79. The Morgan fingerprint density at radius 1 is 1.17 bits per heavy atom. The summed E-state index contributed by atoms with van der Waals surface area (Å²) in [4.78, 5) is 12.5. The van der Waals surface area contributed by atoms with E-state index in [0.717, 1.165) is 16.7 Å². The van der Waals surface area contributed by atoms with Crippen molar-refractivity contribution in [1.82, 2.24) is 10.2 Å². The summed E-state index contributed by atoms with van der Waals surface area (Å²) in [5, 5.41) is 6.55. The Bertz CT molecular complexity index is 816. The summed E-state index contributed by atoms with van der Waals surface area (Å²) < 4.78 is 14.4. The minimum absolute atomic E-state index is 0.0221. The fraction of sp³-hybridized carbons (Fsp3) is 0.158. The van der Waals surface area contributed by atoms with Gasteiger partial charge in [-0.15, -0.1) is 0 Å². The highest BCUT2D eigenvalue weighted by Gasteiger charge is 2.20. The second-order valence-corrected chi connectivity index (χ2v) is 5.64. The van der Waals surface area contributed by atoms with Gasteiger partial charge < -0.3 is 5.73 Å². The van der Waals surface area contributed by atoms with E-state index in [1.54, 1.807) is 24.5 Å². The maximum Gasteiger partial charge on any atom is 0.146 e. The standard InChI is InChI=1S/C19H18FN3O/c20-18-8-14(16-11-22-23-12-16)6-7-15(18)9-19(24)17(10-21)13-4-2-1-3-5-13/h1-8,11-12,17H,9-10,21H2,(H,22,23). The van der Waals surface area contributed by atoms with Crippen molar-refractivity contribution in [2.45, 2.75) is 12.3 Å². The average Bonchev–Trinajstić information content (AvgIpc) is 3.13. The van der Waals surface area contributed by atoms with Crippen molar-refractivity contribution < 1.29 is 9.18 Å². The summed E-state index contributed by atoms with van der Waals surface area (Å²) in [6.45, 7) is 0.206. The molecule has 0 spiro atoms. The second-order valence-electron chi connectivity index (χ2n) is 5.64. The lowest BCUT2D eigenvalue weighted by Crippen LogP contribution is -2.23. The van der Waals surface area contributed by atoms with Gasteiger partial charge in [-0.2, -0.15) is 5.10 Å². The van der Waals surface area contributed by atoms with Crippen LogP contribution in [0.1, 0.15) is 17.0 Å². The zero-order valence-electron chi connectivity index (χ0n) is 13.1. The van der Waals surface area contributed by atoms with Crippen LogP contribution in [0.3, 0.4) is 0 Å². The average molecular weight is 323 g/mol. The quantitative estimate of drug-likeness (QED) is 0.732. The van der Waals surface area contributed by atoms with Gasteiger partial charge in [-0.3, -0.25) is 9.89 Å². The molecular weight excluding hydrogens is 305 g/mol. The molecule has 1 heterocycles. The van der Waals surface area contributed by atoms with Gasteiger partial charge >= 0.3 is 0 Å². The van der Waals surface area contributed by atoms with E-state index in [2.05, 4.69) is 10.2 Å². The van der Waals surface area contributed by atoms with Crippen molar-refractivity contribution in [2.24, 2.45) is 5.73 Å². The normalized spacial score (nSPS) is 12.1. The summed E-state index contributed by atoms with van der Waals surface area (Å²) >= 11 is 0. The van der Waals surface area contributed by atoms with Crippen LogP contribution in [0, 0.1) is 5.82 Å². The molecule has 0 bridgehead atoms. The van der Waals surface area contributed by atoms with Crippen molar-refractivity contribution >= 4 is 5.78 Å². The van der Waals surface area contributed by atoms with Gasteiger partial charge in [0.1, 0.15) is 11.6 Å². The fourth-order valence-electron chi connectivity index (χ4n) is 2.73. The Kier molecular flexibility index (Phi) is 4.82. The van der Waals surface area contributed by atoms with E-state index in [9.17, 15) is 9.18 Å². The molecule has 0 radical (unpaired) electrons. The molecule has 122 valence electrons. The summed E-state index contributed by atoms with van der Waals surface area (Å²) in [6, 6.07) is 14.2. The van der Waals surface area contributed by atoms with Crippen molar-refractivity contribution in [3.63, 3.8) is 0 Å². The van der Waals surface area contributed by atoms with Crippen LogP contribution in [-0.4, -0.2) is 22.5 Å². The number of carbonyl (C=O) groups is 1. The fourth-order valence-corrected chi connectivity index (χ4v) is 2.73. The van der Waals surface area contributed by atoms with Crippen LogP contribution >= 0.6 is 0 Å². The first-order valence-corrected chi connectivity index (χ1v) is 7.74. The highest BCUT2D eigenvalue weighted by Crippen LogP contribution is 2.23. The number of nitrogens with two attached hydrogens (primary N) is 1. The number of hydrogen-bond acceptors (Lipinski definition) is 3. The predicted octanol–water partition coefficient (Wildman–Crippen LogP) is 3.07. The zero-order chi connectivity index (χ0) is 16.9. The summed E-state index contributed by atoms with van der Waals surface area (Å²) in [5.74, 6) is -0.899. The summed E-state index contributed by atoms with van der Waals surface area (Å²) in [5.41, 5.74) is 8.52. The van der Waals surface area contributed by atoms with Crippen molar-refractivity contribution in [1.29, 1.82) is 0 Å². The molecule has 3 N–H and O–H groups in total. The van der Waals surface area contributed by atoms with Gasteiger partial charge in [0.2, 0.25) is 0 Å². The first-order chi connectivity index (χ1) is 11.7. The molecule has 2 aromatic carbocycles. The van der Waals surface area contributed by atoms with Gasteiger partial charge in [0.25, 0.3) is 0 Å². The molecule has 0 aliphatic heterocycles. The van der Waals surface area contributed by atoms with Crippen LogP contribution in [0.4, 0.5) is 4.39 Å². The van der Waals surface area contributed by atoms with Crippen LogP contribution in [0.2, 0.25) is 0 Å². The number of hydrogen-bond donors (Lipinski definition) is 2. The molecule has 3 aromatic rings. The predicted molar refractivity (Wildman–Crippen MR) is 90.9 cm³/mol. The molecule has 4 nitrogen and oxygen atoms in total. The van der Waals surface area contributed by atoms with Crippen molar-refractivity contribution in [2.75, 3.05) is 6.54 Å². The van der Waals surface area contributed by atoms with E-state index >= 15 is 0 Å². The van der Waals surface area contributed by atoms with E-state index in [-0.39, 0.29) is 18.7 Å². The Morgan fingerprint density at radius 3 is 2.58 bits per heavy atom. The maximum absolute atomic E-state index is 14.4. The number of aromatic amines is 1.